The van der Waals surface area contributed by atoms with Crippen molar-refractivity contribution in [1.82, 2.24) is 0 Å². The van der Waals surface area contributed by atoms with Crippen molar-refractivity contribution in [2.45, 2.75) is 13.8 Å². The van der Waals surface area contributed by atoms with E-state index in [-0.39, 0.29) is 15.7 Å². The molecule has 0 aromatic heterocycles. The van der Waals surface area contributed by atoms with Gasteiger partial charge in [0.05, 0.1) is 21.3 Å². The summed E-state index contributed by atoms with van der Waals surface area (Å²) in [5.74, 6) is -1.13. The highest BCUT2D eigenvalue weighted by atomic mass is 35.5. The third-order valence-corrected chi connectivity index (χ3v) is 4.24. The Hall–Kier alpha value is -1.75. The van der Waals surface area contributed by atoms with Crippen LogP contribution in [0.5, 0.6) is 0 Å². The number of aryl methyl sites for hydroxylation is 1. The van der Waals surface area contributed by atoms with Crippen molar-refractivity contribution in [3.63, 3.8) is 0 Å². The van der Waals surface area contributed by atoms with Crippen LogP contribution >= 0.6 is 34.8 Å². The predicted molar refractivity (Wildman–Crippen MR) is 96.3 cm³/mol. The van der Waals surface area contributed by atoms with E-state index in [1.54, 1.807) is 12.1 Å². The maximum Gasteiger partial charge on any atom is 0.338 e. The summed E-state index contributed by atoms with van der Waals surface area (Å²) in [5.41, 5.74) is 2.42. The third kappa shape index (κ3) is 4.41. The smallest absolute Gasteiger partial charge is 0.338 e. The van der Waals surface area contributed by atoms with Gasteiger partial charge in [-0.05, 0) is 43.2 Å². The van der Waals surface area contributed by atoms with Gasteiger partial charge in [0, 0.05) is 5.02 Å². The van der Waals surface area contributed by atoms with Crippen LogP contribution in [0.25, 0.3) is 0 Å². The fraction of sp³-hybridized carbons (Fsp3) is 0.176. The Balaban J connectivity index is 2.01. The first-order valence-corrected chi connectivity index (χ1v) is 8.10. The van der Waals surface area contributed by atoms with Gasteiger partial charge in [0.2, 0.25) is 0 Å². The lowest BCUT2D eigenvalue weighted by Crippen LogP contribution is -2.21. The van der Waals surface area contributed by atoms with Crippen LogP contribution in [-0.4, -0.2) is 18.5 Å². The molecular weight excluding hydrogens is 373 g/mol. The van der Waals surface area contributed by atoms with Crippen molar-refractivity contribution in [2.24, 2.45) is 0 Å². The van der Waals surface area contributed by atoms with Gasteiger partial charge in [0.1, 0.15) is 0 Å². The van der Waals surface area contributed by atoms with E-state index in [1.807, 2.05) is 19.9 Å². The summed E-state index contributed by atoms with van der Waals surface area (Å²) < 4.78 is 5.04. The Morgan fingerprint density at radius 3 is 2.33 bits per heavy atom. The highest BCUT2D eigenvalue weighted by Crippen LogP contribution is 2.33. The first-order valence-electron chi connectivity index (χ1n) is 6.97. The number of carbonyl (C=O) groups is 2. The average molecular weight is 387 g/mol. The molecule has 24 heavy (non-hydrogen) atoms. The lowest BCUT2D eigenvalue weighted by molar-refractivity contribution is -0.119. The molecule has 2 rings (SSSR count). The first kappa shape index (κ1) is 18.6. The number of ether oxygens (including phenoxy) is 1. The average Bonchev–Trinajstić information content (AvgIpc) is 2.51. The van der Waals surface area contributed by atoms with Crippen molar-refractivity contribution in [3.8, 4) is 0 Å². The molecule has 0 aliphatic carbocycles. The molecule has 0 bridgehead atoms. The first-order chi connectivity index (χ1) is 11.3. The molecule has 0 aliphatic heterocycles. The Morgan fingerprint density at radius 2 is 1.71 bits per heavy atom. The SMILES string of the molecule is Cc1cccc(C(=O)OCC(=O)Nc2c(Cl)cc(Cl)cc2Cl)c1C. The number of benzene rings is 2. The van der Waals surface area contributed by atoms with Crippen molar-refractivity contribution < 1.29 is 14.3 Å². The number of hydrogen-bond acceptors (Lipinski definition) is 3. The molecule has 0 heterocycles. The zero-order valence-corrected chi connectivity index (χ0v) is 15.2. The van der Waals surface area contributed by atoms with E-state index in [2.05, 4.69) is 5.32 Å². The molecule has 7 heteroatoms. The van der Waals surface area contributed by atoms with Crippen LogP contribution in [0.3, 0.4) is 0 Å². The highest BCUT2D eigenvalue weighted by molar-refractivity contribution is 6.42. The summed E-state index contributed by atoms with van der Waals surface area (Å²) >= 11 is 17.8. The van der Waals surface area contributed by atoms with Gasteiger partial charge in [-0.1, -0.05) is 46.9 Å². The summed E-state index contributed by atoms with van der Waals surface area (Å²) in [4.78, 5) is 24.0. The second kappa shape index (κ2) is 7.88. The molecule has 2 aromatic rings. The Bertz CT molecular complexity index is 783. The van der Waals surface area contributed by atoms with Crippen molar-refractivity contribution in [1.29, 1.82) is 0 Å². The molecule has 0 fully saturated rings. The maximum atomic E-state index is 12.1. The molecule has 0 saturated carbocycles. The minimum Gasteiger partial charge on any atom is -0.452 e. The van der Waals surface area contributed by atoms with E-state index in [0.29, 0.717) is 10.6 Å². The predicted octanol–water partition coefficient (Wildman–Crippen LogP) is 5.06. The van der Waals surface area contributed by atoms with Crippen molar-refractivity contribution >= 4 is 52.4 Å². The molecule has 0 saturated heterocycles. The number of esters is 1. The minimum absolute atomic E-state index is 0.196. The van der Waals surface area contributed by atoms with E-state index in [4.69, 9.17) is 39.5 Å². The molecule has 0 aliphatic rings. The van der Waals surface area contributed by atoms with Gasteiger partial charge in [0.15, 0.2) is 6.61 Å². The van der Waals surface area contributed by atoms with Crippen LogP contribution in [0, 0.1) is 13.8 Å². The quantitative estimate of drug-likeness (QED) is 0.747. The lowest BCUT2D eigenvalue weighted by Gasteiger charge is -2.11. The van der Waals surface area contributed by atoms with Gasteiger partial charge in [-0.15, -0.1) is 0 Å². The fourth-order valence-electron chi connectivity index (χ4n) is 2.02. The number of anilines is 1. The zero-order chi connectivity index (χ0) is 17.9. The van der Waals surface area contributed by atoms with Crippen molar-refractivity contribution in [2.75, 3.05) is 11.9 Å². The summed E-state index contributed by atoms with van der Waals surface area (Å²) in [7, 11) is 0. The highest BCUT2D eigenvalue weighted by Gasteiger charge is 2.15. The van der Waals surface area contributed by atoms with Crippen molar-refractivity contribution in [3.05, 3.63) is 62.1 Å². The number of nitrogens with one attached hydrogen (secondary N) is 1. The monoisotopic (exact) mass is 385 g/mol. The van der Waals surface area contributed by atoms with Gasteiger partial charge in [0.25, 0.3) is 5.91 Å². The summed E-state index contributed by atoms with van der Waals surface area (Å²) in [6.07, 6.45) is 0. The van der Waals surface area contributed by atoms with Crippen LogP contribution in [0.2, 0.25) is 15.1 Å². The second-order valence-electron chi connectivity index (χ2n) is 5.12. The summed E-state index contributed by atoms with van der Waals surface area (Å²) in [6, 6.07) is 8.20. The number of rotatable bonds is 4. The van der Waals surface area contributed by atoms with Gasteiger partial charge in [-0.2, -0.15) is 0 Å². The lowest BCUT2D eigenvalue weighted by atomic mass is 10.0. The molecule has 2 aromatic carbocycles. The Morgan fingerprint density at radius 1 is 1.08 bits per heavy atom. The summed E-state index contributed by atoms with van der Waals surface area (Å²) in [6.45, 7) is 3.25. The number of hydrogen-bond donors (Lipinski definition) is 1. The molecule has 1 amide bonds. The van der Waals surface area contributed by atoms with Crippen LogP contribution in [0.15, 0.2) is 30.3 Å². The molecular formula is C17H14Cl3NO3. The topological polar surface area (TPSA) is 55.4 Å². The van der Waals surface area contributed by atoms with Gasteiger partial charge in [-0.3, -0.25) is 4.79 Å². The molecule has 0 atom stereocenters. The van der Waals surface area contributed by atoms with E-state index >= 15 is 0 Å². The Kier molecular flexibility index (Phi) is 6.10. The minimum atomic E-state index is -0.570. The molecule has 1 N–H and O–H groups in total. The molecule has 0 radical (unpaired) electrons. The van der Waals surface area contributed by atoms with Crippen LogP contribution in [0.4, 0.5) is 5.69 Å². The van der Waals surface area contributed by atoms with E-state index in [1.165, 1.54) is 12.1 Å². The normalized spacial score (nSPS) is 10.4. The summed E-state index contributed by atoms with van der Waals surface area (Å²) in [5, 5.41) is 3.24. The number of carbonyl (C=O) groups excluding carboxylic acids is 2. The van der Waals surface area contributed by atoms with E-state index in [9.17, 15) is 9.59 Å². The largest absolute Gasteiger partial charge is 0.452 e. The van der Waals surface area contributed by atoms with Gasteiger partial charge < -0.3 is 10.1 Å². The molecule has 0 unspecified atom stereocenters. The third-order valence-electron chi connectivity index (χ3n) is 3.43. The second-order valence-corrected chi connectivity index (χ2v) is 6.37. The van der Waals surface area contributed by atoms with Gasteiger partial charge in [-0.25, -0.2) is 4.79 Å². The molecule has 0 spiro atoms. The number of halogens is 3. The van der Waals surface area contributed by atoms with E-state index in [0.717, 1.165) is 11.1 Å². The maximum absolute atomic E-state index is 12.1. The standard InChI is InChI=1S/C17H14Cl3NO3/c1-9-4-3-5-12(10(9)2)17(23)24-8-15(22)21-16-13(19)6-11(18)7-14(16)20/h3-7H,8H2,1-2H3,(H,21,22). The Labute approximate surface area is 154 Å². The zero-order valence-electron chi connectivity index (χ0n) is 13.0. The van der Waals surface area contributed by atoms with Crippen LogP contribution in [-0.2, 0) is 9.53 Å². The van der Waals surface area contributed by atoms with Gasteiger partial charge >= 0.3 is 5.97 Å². The van der Waals surface area contributed by atoms with E-state index < -0.39 is 18.5 Å². The molecule has 126 valence electrons. The fourth-order valence-corrected chi connectivity index (χ4v) is 2.93. The molecule has 4 nitrogen and oxygen atoms in total. The van der Waals surface area contributed by atoms with Crippen LogP contribution < -0.4 is 5.32 Å². The number of amides is 1. The van der Waals surface area contributed by atoms with Crippen LogP contribution in [0.1, 0.15) is 21.5 Å².